The number of methoxy groups -OCH3 is 1. The van der Waals surface area contributed by atoms with Crippen LogP contribution in [0.15, 0.2) is 93.2 Å². The molecule has 3 aromatic carbocycles. The van der Waals surface area contributed by atoms with Crippen molar-refractivity contribution in [2.24, 2.45) is 0 Å². The van der Waals surface area contributed by atoms with Crippen molar-refractivity contribution in [3.8, 4) is 17.2 Å². The fourth-order valence-corrected chi connectivity index (χ4v) is 4.55. The Morgan fingerprint density at radius 3 is 2.22 bits per heavy atom. The first kappa shape index (κ1) is 21.6. The van der Waals surface area contributed by atoms with Crippen LogP contribution >= 0.6 is 0 Å². The number of aromatic nitrogens is 1. The molecule has 1 unspecified atom stereocenters. The molecule has 0 spiro atoms. The number of rotatable bonds is 7. The van der Waals surface area contributed by atoms with Crippen LogP contribution in [-0.4, -0.2) is 20.5 Å². The second-order valence-electron chi connectivity index (χ2n) is 7.47. The van der Waals surface area contributed by atoms with Crippen molar-refractivity contribution in [1.82, 2.24) is 4.98 Å². The Bertz CT molecular complexity index is 1300. The van der Waals surface area contributed by atoms with Crippen molar-refractivity contribution < 1.29 is 17.6 Å². The van der Waals surface area contributed by atoms with E-state index in [1.54, 1.807) is 55.6 Å². The Hall–Kier alpha value is -3.58. The summed E-state index contributed by atoms with van der Waals surface area (Å²) in [6.07, 6.45) is 0. The standard InChI is InChI=1S/C25H24N2O4S/c1-17-9-15-22(16-10-17)32(28,29)25-24(26-18(2)19-7-5-4-6-8-19)31-23(27-25)20-11-13-21(30-3)14-12-20/h4-16,18,26H,1-3H3. The predicted octanol–water partition coefficient (Wildman–Crippen LogP) is 5.66. The van der Waals surface area contributed by atoms with E-state index in [0.29, 0.717) is 11.3 Å². The van der Waals surface area contributed by atoms with E-state index in [2.05, 4.69) is 10.3 Å². The summed E-state index contributed by atoms with van der Waals surface area (Å²) in [5.74, 6) is 0.998. The zero-order valence-corrected chi connectivity index (χ0v) is 18.9. The average molecular weight is 449 g/mol. The summed E-state index contributed by atoms with van der Waals surface area (Å²) >= 11 is 0. The van der Waals surface area contributed by atoms with Crippen molar-refractivity contribution in [3.63, 3.8) is 0 Å². The van der Waals surface area contributed by atoms with Crippen LogP contribution in [0.1, 0.15) is 24.1 Å². The molecule has 1 atom stereocenters. The molecule has 0 bridgehead atoms. The molecule has 0 aliphatic carbocycles. The third-order valence-electron chi connectivity index (χ3n) is 5.17. The van der Waals surface area contributed by atoms with Gasteiger partial charge in [-0.25, -0.2) is 8.42 Å². The Kier molecular flexibility index (Phi) is 6.01. The predicted molar refractivity (Wildman–Crippen MR) is 124 cm³/mol. The summed E-state index contributed by atoms with van der Waals surface area (Å²) in [6.45, 7) is 3.84. The van der Waals surface area contributed by atoms with Crippen LogP contribution in [0.4, 0.5) is 5.88 Å². The maximum atomic E-state index is 13.4. The van der Waals surface area contributed by atoms with Crippen LogP contribution in [0.2, 0.25) is 0 Å². The average Bonchev–Trinajstić information content (AvgIpc) is 3.24. The lowest BCUT2D eigenvalue weighted by atomic mass is 10.1. The van der Waals surface area contributed by atoms with Gasteiger partial charge in [-0.05, 0) is 55.8 Å². The summed E-state index contributed by atoms with van der Waals surface area (Å²) in [6, 6.07) is 23.3. The molecule has 7 heteroatoms. The highest BCUT2D eigenvalue weighted by atomic mass is 32.2. The maximum Gasteiger partial charge on any atom is 0.234 e. The molecule has 1 aromatic heterocycles. The smallest absolute Gasteiger partial charge is 0.234 e. The zero-order valence-electron chi connectivity index (χ0n) is 18.1. The molecule has 1 N–H and O–H groups in total. The van der Waals surface area contributed by atoms with Gasteiger partial charge in [0.2, 0.25) is 26.6 Å². The lowest BCUT2D eigenvalue weighted by Crippen LogP contribution is -2.10. The van der Waals surface area contributed by atoms with Crippen LogP contribution in [0.25, 0.3) is 11.5 Å². The molecule has 4 rings (SSSR count). The van der Waals surface area contributed by atoms with Crippen molar-refractivity contribution in [2.75, 3.05) is 12.4 Å². The van der Waals surface area contributed by atoms with E-state index < -0.39 is 9.84 Å². The number of benzene rings is 3. The highest BCUT2D eigenvalue weighted by Gasteiger charge is 2.29. The number of hydrogen-bond donors (Lipinski definition) is 1. The third kappa shape index (κ3) is 4.38. The van der Waals surface area contributed by atoms with Crippen LogP contribution in [-0.2, 0) is 9.84 Å². The molecule has 0 aliphatic heterocycles. The molecule has 32 heavy (non-hydrogen) atoms. The second-order valence-corrected chi connectivity index (χ2v) is 9.34. The minimum Gasteiger partial charge on any atom is -0.497 e. The summed E-state index contributed by atoms with van der Waals surface area (Å²) in [5.41, 5.74) is 2.61. The van der Waals surface area contributed by atoms with E-state index in [9.17, 15) is 8.42 Å². The highest BCUT2D eigenvalue weighted by molar-refractivity contribution is 7.91. The number of anilines is 1. The van der Waals surface area contributed by atoms with Crippen LogP contribution < -0.4 is 10.1 Å². The van der Waals surface area contributed by atoms with Gasteiger partial charge < -0.3 is 14.5 Å². The second kappa shape index (κ2) is 8.88. The first-order chi connectivity index (χ1) is 15.4. The van der Waals surface area contributed by atoms with E-state index in [1.165, 1.54) is 0 Å². The van der Waals surface area contributed by atoms with Gasteiger partial charge in [0.15, 0.2) is 0 Å². The molecule has 4 aromatic rings. The van der Waals surface area contributed by atoms with Gasteiger partial charge in [0.1, 0.15) is 5.75 Å². The molecule has 0 radical (unpaired) electrons. The molecule has 0 aliphatic rings. The maximum absolute atomic E-state index is 13.4. The molecule has 0 saturated carbocycles. The Balaban J connectivity index is 1.79. The van der Waals surface area contributed by atoms with Crippen molar-refractivity contribution >= 4 is 15.7 Å². The lowest BCUT2D eigenvalue weighted by Gasteiger charge is -2.14. The first-order valence-corrected chi connectivity index (χ1v) is 11.7. The summed E-state index contributed by atoms with van der Waals surface area (Å²) < 4.78 is 38.0. The molecule has 0 fully saturated rings. The van der Waals surface area contributed by atoms with Gasteiger partial charge in [-0.3, -0.25) is 0 Å². The van der Waals surface area contributed by atoms with Crippen molar-refractivity contribution in [1.29, 1.82) is 0 Å². The number of nitrogens with zero attached hydrogens (tertiary/aromatic N) is 1. The Morgan fingerprint density at radius 1 is 0.938 bits per heavy atom. The molecular formula is C25H24N2O4S. The minimum atomic E-state index is -3.91. The van der Waals surface area contributed by atoms with Crippen molar-refractivity contribution in [2.45, 2.75) is 29.8 Å². The van der Waals surface area contributed by atoms with E-state index in [1.807, 2.05) is 44.2 Å². The van der Waals surface area contributed by atoms with E-state index >= 15 is 0 Å². The molecular weight excluding hydrogens is 424 g/mol. The van der Waals surface area contributed by atoms with E-state index in [0.717, 1.165) is 11.1 Å². The summed E-state index contributed by atoms with van der Waals surface area (Å²) in [7, 11) is -2.32. The van der Waals surface area contributed by atoms with Gasteiger partial charge in [0.05, 0.1) is 18.0 Å². The monoisotopic (exact) mass is 448 g/mol. The topological polar surface area (TPSA) is 81.4 Å². The SMILES string of the molecule is COc1ccc(-c2nc(S(=O)(=O)c3ccc(C)cc3)c(NC(C)c3ccccc3)o2)cc1. The summed E-state index contributed by atoms with van der Waals surface area (Å²) in [5, 5.41) is 3.05. The molecule has 1 heterocycles. The lowest BCUT2D eigenvalue weighted by molar-refractivity contribution is 0.415. The fraction of sp³-hybridized carbons (Fsp3) is 0.160. The van der Waals surface area contributed by atoms with Crippen LogP contribution in [0.3, 0.4) is 0 Å². The quantitative estimate of drug-likeness (QED) is 0.393. The Morgan fingerprint density at radius 2 is 1.59 bits per heavy atom. The zero-order chi connectivity index (χ0) is 22.7. The normalized spacial score (nSPS) is 12.3. The number of nitrogens with one attached hydrogen (secondary N) is 1. The number of hydrogen-bond acceptors (Lipinski definition) is 6. The molecule has 0 saturated heterocycles. The fourth-order valence-electron chi connectivity index (χ4n) is 3.29. The largest absolute Gasteiger partial charge is 0.497 e. The van der Waals surface area contributed by atoms with Gasteiger partial charge in [0.25, 0.3) is 0 Å². The van der Waals surface area contributed by atoms with E-state index in [4.69, 9.17) is 9.15 Å². The molecule has 164 valence electrons. The summed E-state index contributed by atoms with van der Waals surface area (Å²) in [4.78, 5) is 4.56. The van der Waals surface area contributed by atoms with Gasteiger partial charge in [0, 0.05) is 5.56 Å². The van der Waals surface area contributed by atoms with Crippen molar-refractivity contribution in [3.05, 3.63) is 90.0 Å². The Labute approximate surface area is 187 Å². The van der Waals surface area contributed by atoms with Gasteiger partial charge in [-0.2, -0.15) is 4.98 Å². The van der Waals surface area contributed by atoms with E-state index in [-0.39, 0.29) is 27.7 Å². The van der Waals surface area contributed by atoms with Crippen LogP contribution in [0.5, 0.6) is 5.75 Å². The van der Waals surface area contributed by atoms with Crippen LogP contribution in [0, 0.1) is 6.92 Å². The highest BCUT2D eigenvalue weighted by Crippen LogP contribution is 2.34. The number of aryl methyl sites for hydroxylation is 1. The number of sulfone groups is 1. The van der Waals surface area contributed by atoms with Gasteiger partial charge in [-0.15, -0.1) is 0 Å². The molecule has 0 amide bonds. The van der Waals surface area contributed by atoms with Gasteiger partial charge in [-0.1, -0.05) is 48.0 Å². The number of oxazole rings is 1. The first-order valence-electron chi connectivity index (χ1n) is 10.2. The third-order valence-corrected chi connectivity index (χ3v) is 6.84. The molecule has 6 nitrogen and oxygen atoms in total. The van der Waals surface area contributed by atoms with Gasteiger partial charge >= 0.3 is 0 Å². The minimum absolute atomic E-state index is 0.104. The number of ether oxygens (including phenoxy) is 1.